The van der Waals surface area contributed by atoms with Gasteiger partial charge in [0.25, 0.3) is 17.7 Å². The highest BCUT2D eigenvalue weighted by Crippen LogP contribution is 2.22. The van der Waals surface area contributed by atoms with Crippen molar-refractivity contribution < 1.29 is 19.2 Å². The number of hydrogen-bond donors (Lipinski definition) is 1. The average molecular weight is 398 g/mol. The molecule has 138 valence electrons. The van der Waals surface area contributed by atoms with Gasteiger partial charge in [0.2, 0.25) is 5.91 Å². The SMILES string of the molecule is O=C(NC1CCN(C(=O)CN2C(=O)c3ccccc3C2=O)CC1)C(Cl)Cl. The molecular formula is C17H17Cl2N3O4. The number of alkyl halides is 2. The highest BCUT2D eigenvalue weighted by Gasteiger charge is 2.37. The lowest BCUT2D eigenvalue weighted by molar-refractivity contribution is -0.132. The van der Waals surface area contributed by atoms with Gasteiger partial charge in [-0.1, -0.05) is 35.3 Å². The quantitative estimate of drug-likeness (QED) is 0.610. The van der Waals surface area contributed by atoms with Crippen LogP contribution in [0.5, 0.6) is 0 Å². The van der Waals surface area contributed by atoms with Gasteiger partial charge in [-0.25, -0.2) is 0 Å². The predicted octanol–water partition coefficient (Wildman–Crippen LogP) is 1.19. The first-order valence-electron chi connectivity index (χ1n) is 8.20. The van der Waals surface area contributed by atoms with Gasteiger partial charge in [0.1, 0.15) is 6.54 Å². The van der Waals surface area contributed by atoms with Crippen LogP contribution in [-0.2, 0) is 9.59 Å². The molecule has 3 rings (SSSR count). The van der Waals surface area contributed by atoms with E-state index in [2.05, 4.69) is 5.32 Å². The summed E-state index contributed by atoms with van der Waals surface area (Å²) in [4.78, 5) is 50.1. The highest BCUT2D eigenvalue weighted by molar-refractivity contribution is 6.53. The lowest BCUT2D eigenvalue weighted by Gasteiger charge is -2.33. The zero-order valence-electron chi connectivity index (χ0n) is 13.8. The van der Waals surface area contributed by atoms with E-state index in [1.165, 1.54) is 0 Å². The first-order chi connectivity index (χ1) is 12.4. The number of carbonyl (C=O) groups excluding carboxylic acids is 4. The van der Waals surface area contributed by atoms with Crippen molar-refractivity contribution >= 4 is 46.8 Å². The number of hydrogen-bond acceptors (Lipinski definition) is 4. The van der Waals surface area contributed by atoms with E-state index in [9.17, 15) is 19.2 Å². The Hall–Kier alpha value is -2.12. The maximum atomic E-state index is 12.5. The molecule has 0 bridgehead atoms. The Balaban J connectivity index is 1.55. The average Bonchev–Trinajstić information content (AvgIpc) is 2.87. The van der Waals surface area contributed by atoms with E-state index >= 15 is 0 Å². The largest absolute Gasteiger partial charge is 0.351 e. The number of fused-ring (bicyclic) bond motifs is 1. The molecule has 0 aliphatic carbocycles. The van der Waals surface area contributed by atoms with Crippen LogP contribution in [0.15, 0.2) is 24.3 Å². The van der Waals surface area contributed by atoms with Crippen LogP contribution >= 0.6 is 23.2 Å². The van der Waals surface area contributed by atoms with E-state index in [0.29, 0.717) is 37.1 Å². The Morgan fingerprint density at radius 3 is 2.12 bits per heavy atom. The van der Waals surface area contributed by atoms with Gasteiger partial charge in [-0.2, -0.15) is 0 Å². The molecule has 0 atom stereocenters. The van der Waals surface area contributed by atoms with Crippen LogP contribution in [0.25, 0.3) is 0 Å². The van der Waals surface area contributed by atoms with Crippen molar-refractivity contribution in [3.63, 3.8) is 0 Å². The Morgan fingerprint density at radius 2 is 1.62 bits per heavy atom. The molecule has 1 aromatic carbocycles. The Bertz CT molecular complexity index is 725. The number of benzene rings is 1. The van der Waals surface area contributed by atoms with Crippen LogP contribution in [0, 0.1) is 0 Å². The minimum absolute atomic E-state index is 0.106. The van der Waals surface area contributed by atoms with Crippen LogP contribution in [-0.4, -0.2) is 63.9 Å². The second-order valence-electron chi connectivity index (χ2n) is 6.21. The Labute approximate surface area is 160 Å². The summed E-state index contributed by atoms with van der Waals surface area (Å²) in [5.74, 6) is -1.64. The molecule has 1 aromatic rings. The van der Waals surface area contributed by atoms with Gasteiger partial charge in [0, 0.05) is 19.1 Å². The summed E-state index contributed by atoms with van der Waals surface area (Å²) in [6, 6.07) is 6.41. The highest BCUT2D eigenvalue weighted by atomic mass is 35.5. The lowest BCUT2D eigenvalue weighted by atomic mass is 10.0. The maximum Gasteiger partial charge on any atom is 0.262 e. The Kier molecular flexibility index (Phi) is 5.48. The summed E-state index contributed by atoms with van der Waals surface area (Å²) in [7, 11) is 0. The molecule has 2 aliphatic rings. The monoisotopic (exact) mass is 397 g/mol. The third kappa shape index (κ3) is 3.68. The van der Waals surface area contributed by atoms with Crippen LogP contribution in [0.2, 0.25) is 0 Å². The van der Waals surface area contributed by atoms with E-state index in [4.69, 9.17) is 23.2 Å². The van der Waals surface area contributed by atoms with Crippen molar-refractivity contribution in [2.45, 2.75) is 23.7 Å². The molecule has 26 heavy (non-hydrogen) atoms. The molecule has 2 aliphatic heterocycles. The fourth-order valence-corrected chi connectivity index (χ4v) is 3.28. The molecule has 0 unspecified atom stereocenters. The first kappa shape index (κ1) is 18.7. The third-order valence-corrected chi connectivity index (χ3v) is 4.96. The van der Waals surface area contributed by atoms with Crippen molar-refractivity contribution in [3.8, 4) is 0 Å². The smallest absolute Gasteiger partial charge is 0.262 e. The molecule has 0 radical (unpaired) electrons. The number of amides is 4. The van der Waals surface area contributed by atoms with Crippen molar-refractivity contribution in [1.82, 2.24) is 15.1 Å². The number of imide groups is 1. The second kappa shape index (κ2) is 7.63. The van der Waals surface area contributed by atoms with E-state index in [-0.39, 0.29) is 18.5 Å². The summed E-state index contributed by atoms with van der Waals surface area (Å²) in [6.07, 6.45) is 1.11. The minimum Gasteiger partial charge on any atom is -0.351 e. The summed E-state index contributed by atoms with van der Waals surface area (Å²) >= 11 is 11.0. The fraction of sp³-hybridized carbons (Fsp3) is 0.412. The van der Waals surface area contributed by atoms with Crippen LogP contribution in [0.4, 0.5) is 0 Å². The second-order valence-corrected chi connectivity index (χ2v) is 7.30. The van der Waals surface area contributed by atoms with Crippen molar-refractivity contribution in [1.29, 1.82) is 0 Å². The normalized spacial score (nSPS) is 17.7. The molecule has 1 fully saturated rings. The molecule has 7 nitrogen and oxygen atoms in total. The molecule has 0 spiro atoms. The predicted molar refractivity (Wildman–Crippen MR) is 95.0 cm³/mol. The van der Waals surface area contributed by atoms with Gasteiger partial charge in [-0.3, -0.25) is 24.1 Å². The van der Waals surface area contributed by atoms with Gasteiger partial charge in [-0.05, 0) is 25.0 Å². The van der Waals surface area contributed by atoms with Crippen LogP contribution in [0.3, 0.4) is 0 Å². The first-order valence-corrected chi connectivity index (χ1v) is 9.07. The van der Waals surface area contributed by atoms with Gasteiger partial charge in [0.05, 0.1) is 11.1 Å². The van der Waals surface area contributed by atoms with Gasteiger partial charge < -0.3 is 10.2 Å². The van der Waals surface area contributed by atoms with Crippen LogP contribution in [0.1, 0.15) is 33.6 Å². The summed E-state index contributed by atoms with van der Waals surface area (Å²) < 4.78 is 0. The number of piperidine rings is 1. The van der Waals surface area contributed by atoms with Crippen LogP contribution < -0.4 is 5.32 Å². The third-order valence-electron chi connectivity index (χ3n) is 4.56. The van der Waals surface area contributed by atoms with Gasteiger partial charge >= 0.3 is 0 Å². The van der Waals surface area contributed by atoms with Gasteiger partial charge in [-0.15, -0.1) is 0 Å². The standard InChI is InChI=1S/C17H17Cl2N3O4/c18-14(19)15(24)20-10-5-7-21(8-6-10)13(23)9-22-16(25)11-3-1-2-4-12(11)17(22)26/h1-4,10,14H,5-9H2,(H,20,24). The van der Waals surface area contributed by atoms with E-state index in [1.807, 2.05) is 0 Å². The summed E-state index contributed by atoms with van der Waals surface area (Å²) in [6.45, 7) is 0.555. The number of nitrogens with one attached hydrogen (secondary N) is 1. The Morgan fingerprint density at radius 1 is 1.08 bits per heavy atom. The summed E-state index contributed by atoms with van der Waals surface area (Å²) in [5.41, 5.74) is 0.645. The summed E-state index contributed by atoms with van der Waals surface area (Å²) in [5, 5.41) is 2.72. The minimum atomic E-state index is -1.12. The number of nitrogens with zero attached hydrogens (tertiary/aromatic N) is 2. The zero-order valence-corrected chi connectivity index (χ0v) is 15.3. The number of rotatable bonds is 4. The molecule has 1 saturated heterocycles. The topological polar surface area (TPSA) is 86.8 Å². The van der Waals surface area contributed by atoms with Crippen molar-refractivity contribution in [2.75, 3.05) is 19.6 Å². The molecule has 9 heteroatoms. The molecule has 1 N–H and O–H groups in total. The number of halogens is 2. The fourth-order valence-electron chi connectivity index (χ4n) is 3.16. The van der Waals surface area contributed by atoms with Gasteiger partial charge in [0.15, 0.2) is 4.84 Å². The number of carbonyl (C=O) groups is 4. The molecule has 4 amide bonds. The lowest BCUT2D eigenvalue weighted by Crippen LogP contribution is -2.50. The maximum absolute atomic E-state index is 12.5. The van der Waals surface area contributed by atoms with E-state index in [0.717, 1.165) is 4.90 Å². The molecule has 2 heterocycles. The molecular weight excluding hydrogens is 381 g/mol. The number of likely N-dealkylation sites (tertiary alicyclic amines) is 1. The van der Waals surface area contributed by atoms with Crippen molar-refractivity contribution in [2.24, 2.45) is 0 Å². The zero-order chi connectivity index (χ0) is 18.8. The molecule has 0 saturated carbocycles. The van der Waals surface area contributed by atoms with E-state index < -0.39 is 22.6 Å². The van der Waals surface area contributed by atoms with Crippen molar-refractivity contribution in [3.05, 3.63) is 35.4 Å². The van der Waals surface area contributed by atoms with E-state index in [1.54, 1.807) is 29.2 Å². The molecule has 0 aromatic heterocycles.